The average molecular weight is 157 g/mol. The number of aromatic nitrogens is 2. The van der Waals surface area contributed by atoms with E-state index in [9.17, 15) is 0 Å². The number of aryl methyl sites for hydroxylation is 1. The Morgan fingerprint density at radius 1 is 1.25 bits per heavy atom. The van der Waals surface area contributed by atoms with E-state index >= 15 is 0 Å². The fourth-order valence-electron chi connectivity index (χ4n) is 1.11. The molecule has 2 rings (SSSR count). The molecule has 0 saturated carbocycles. The third-order valence-electron chi connectivity index (χ3n) is 1.69. The molecule has 12 heavy (non-hydrogen) atoms. The Kier molecular flexibility index (Phi) is 1.67. The Morgan fingerprint density at radius 2 is 2.00 bits per heavy atom. The SMILES string of the molecule is Cc1[c][nH]c(-c2ccccc2)n1. The Bertz CT molecular complexity index is 362. The lowest BCUT2D eigenvalue weighted by molar-refractivity contribution is 1.25. The molecule has 2 nitrogen and oxygen atoms in total. The van der Waals surface area contributed by atoms with E-state index in [-0.39, 0.29) is 0 Å². The van der Waals surface area contributed by atoms with Crippen molar-refractivity contribution in [2.45, 2.75) is 6.92 Å². The maximum atomic E-state index is 4.27. The van der Waals surface area contributed by atoms with Crippen molar-refractivity contribution < 1.29 is 0 Å². The van der Waals surface area contributed by atoms with E-state index in [1.807, 2.05) is 37.3 Å². The molecule has 2 aromatic rings. The van der Waals surface area contributed by atoms with Gasteiger partial charge in [-0.05, 0) is 6.92 Å². The number of hydrogen-bond donors (Lipinski definition) is 1. The Labute approximate surface area is 71.3 Å². The molecule has 1 radical (unpaired) electrons. The maximum absolute atomic E-state index is 4.27. The van der Waals surface area contributed by atoms with E-state index in [0.717, 1.165) is 17.1 Å². The van der Waals surface area contributed by atoms with Gasteiger partial charge in [0.2, 0.25) is 0 Å². The summed E-state index contributed by atoms with van der Waals surface area (Å²) in [7, 11) is 0. The zero-order valence-corrected chi connectivity index (χ0v) is 6.83. The number of hydrogen-bond acceptors (Lipinski definition) is 1. The highest BCUT2D eigenvalue weighted by atomic mass is 14.9. The number of rotatable bonds is 1. The molecule has 1 N–H and O–H groups in total. The van der Waals surface area contributed by atoms with Crippen molar-refractivity contribution >= 4 is 0 Å². The van der Waals surface area contributed by atoms with Gasteiger partial charge in [0.05, 0.1) is 11.9 Å². The van der Waals surface area contributed by atoms with Gasteiger partial charge >= 0.3 is 0 Å². The van der Waals surface area contributed by atoms with Gasteiger partial charge in [0.1, 0.15) is 5.82 Å². The summed E-state index contributed by atoms with van der Waals surface area (Å²) in [6.07, 6.45) is 2.93. The van der Waals surface area contributed by atoms with Gasteiger partial charge in [-0.25, -0.2) is 4.98 Å². The summed E-state index contributed by atoms with van der Waals surface area (Å²) in [4.78, 5) is 7.26. The van der Waals surface area contributed by atoms with Crippen LogP contribution in [0.3, 0.4) is 0 Å². The maximum Gasteiger partial charge on any atom is 0.138 e. The van der Waals surface area contributed by atoms with Crippen LogP contribution in [0.1, 0.15) is 5.69 Å². The van der Waals surface area contributed by atoms with E-state index in [1.54, 1.807) is 0 Å². The van der Waals surface area contributed by atoms with Gasteiger partial charge in [0.25, 0.3) is 0 Å². The van der Waals surface area contributed by atoms with Crippen molar-refractivity contribution in [3.8, 4) is 11.4 Å². The Balaban J connectivity index is 2.45. The zero-order valence-electron chi connectivity index (χ0n) is 6.83. The molecular weight excluding hydrogens is 148 g/mol. The highest BCUT2D eigenvalue weighted by molar-refractivity contribution is 5.54. The van der Waals surface area contributed by atoms with Crippen molar-refractivity contribution in [2.24, 2.45) is 0 Å². The largest absolute Gasteiger partial charge is 0.336 e. The van der Waals surface area contributed by atoms with Crippen molar-refractivity contribution in [3.05, 3.63) is 42.2 Å². The number of nitrogens with one attached hydrogen (secondary N) is 1. The van der Waals surface area contributed by atoms with Crippen LogP contribution >= 0.6 is 0 Å². The van der Waals surface area contributed by atoms with Gasteiger partial charge in [-0.2, -0.15) is 0 Å². The van der Waals surface area contributed by atoms with Crippen LogP contribution in [0.4, 0.5) is 0 Å². The molecule has 1 aromatic heterocycles. The average Bonchev–Trinajstić information content (AvgIpc) is 2.54. The third-order valence-corrected chi connectivity index (χ3v) is 1.69. The number of aromatic amines is 1. The fourth-order valence-corrected chi connectivity index (χ4v) is 1.11. The van der Waals surface area contributed by atoms with Crippen LogP contribution in [0.5, 0.6) is 0 Å². The van der Waals surface area contributed by atoms with Gasteiger partial charge in [-0.15, -0.1) is 0 Å². The van der Waals surface area contributed by atoms with Crippen LogP contribution in [0.25, 0.3) is 11.4 Å². The first-order valence-electron chi connectivity index (χ1n) is 3.86. The van der Waals surface area contributed by atoms with E-state index in [4.69, 9.17) is 0 Å². The molecule has 0 bridgehead atoms. The lowest BCUT2D eigenvalue weighted by atomic mass is 10.2. The lowest BCUT2D eigenvalue weighted by Crippen LogP contribution is -1.78. The monoisotopic (exact) mass is 157 g/mol. The highest BCUT2D eigenvalue weighted by Crippen LogP contribution is 2.13. The lowest BCUT2D eigenvalue weighted by Gasteiger charge is -1.93. The molecule has 0 spiro atoms. The second-order valence-electron chi connectivity index (χ2n) is 2.66. The summed E-state index contributed by atoms with van der Waals surface area (Å²) in [6.45, 7) is 1.92. The van der Waals surface area contributed by atoms with Gasteiger partial charge in [0, 0.05) is 5.56 Å². The quantitative estimate of drug-likeness (QED) is 0.675. The standard InChI is InChI=1S/C10H9N2/c1-8-7-11-10(12-8)9-5-3-2-4-6-9/h2-6H,1H3,(H,11,12). The minimum Gasteiger partial charge on any atom is -0.336 e. The summed E-state index contributed by atoms with van der Waals surface area (Å²) in [5, 5.41) is 0. The molecule has 0 fully saturated rings. The summed E-state index contributed by atoms with van der Waals surface area (Å²) >= 11 is 0. The smallest absolute Gasteiger partial charge is 0.138 e. The molecule has 0 unspecified atom stereocenters. The highest BCUT2D eigenvalue weighted by Gasteiger charge is 1.98. The summed E-state index contributed by atoms with van der Waals surface area (Å²) in [5.74, 6) is 0.883. The molecule has 0 aliphatic heterocycles. The van der Waals surface area contributed by atoms with Crippen LogP contribution < -0.4 is 0 Å². The van der Waals surface area contributed by atoms with Gasteiger partial charge < -0.3 is 4.98 Å². The second kappa shape index (κ2) is 2.81. The minimum atomic E-state index is 0.883. The van der Waals surface area contributed by atoms with E-state index < -0.39 is 0 Å². The van der Waals surface area contributed by atoms with Crippen molar-refractivity contribution in [2.75, 3.05) is 0 Å². The summed E-state index contributed by atoms with van der Waals surface area (Å²) in [5.41, 5.74) is 2.00. The van der Waals surface area contributed by atoms with Crippen molar-refractivity contribution in [3.63, 3.8) is 0 Å². The molecule has 0 aliphatic carbocycles. The Morgan fingerprint density at radius 3 is 2.58 bits per heavy atom. The molecule has 1 heterocycles. The molecule has 59 valence electrons. The molecule has 0 atom stereocenters. The third kappa shape index (κ3) is 1.23. The van der Waals surface area contributed by atoms with Crippen LogP contribution in [-0.4, -0.2) is 9.97 Å². The second-order valence-corrected chi connectivity index (χ2v) is 2.66. The van der Waals surface area contributed by atoms with Gasteiger partial charge in [0.15, 0.2) is 0 Å². The van der Waals surface area contributed by atoms with Crippen molar-refractivity contribution in [1.29, 1.82) is 0 Å². The number of benzene rings is 1. The van der Waals surface area contributed by atoms with Crippen LogP contribution in [0.2, 0.25) is 0 Å². The van der Waals surface area contributed by atoms with Gasteiger partial charge in [-0.1, -0.05) is 30.3 Å². The molecule has 0 aliphatic rings. The molecule has 0 amide bonds. The predicted molar refractivity (Wildman–Crippen MR) is 47.6 cm³/mol. The fraction of sp³-hybridized carbons (Fsp3) is 0.100. The summed E-state index contributed by atoms with van der Waals surface area (Å²) in [6, 6.07) is 10.0. The van der Waals surface area contributed by atoms with E-state index in [2.05, 4.69) is 16.2 Å². The van der Waals surface area contributed by atoms with Gasteiger partial charge in [-0.3, -0.25) is 0 Å². The molecule has 2 heteroatoms. The normalized spacial score (nSPS) is 10.1. The van der Waals surface area contributed by atoms with Crippen LogP contribution in [0, 0.1) is 13.1 Å². The first-order chi connectivity index (χ1) is 5.86. The topological polar surface area (TPSA) is 28.7 Å². The van der Waals surface area contributed by atoms with Crippen LogP contribution in [-0.2, 0) is 0 Å². The molecular formula is C10H9N2. The predicted octanol–water partition coefficient (Wildman–Crippen LogP) is 2.19. The first-order valence-corrected chi connectivity index (χ1v) is 3.86. The van der Waals surface area contributed by atoms with Crippen LogP contribution in [0.15, 0.2) is 30.3 Å². The van der Waals surface area contributed by atoms with Crippen molar-refractivity contribution in [1.82, 2.24) is 9.97 Å². The molecule has 0 saturated heterocycles. The number of nitrogens with zero attached hydrogens (tertiary/aromatic N) is 1. The van der Waals surface area contributed by atoms with E-state index in [1.165, 1.54) is 0 Å². The minimum absolute atomic E-state index is 0.883. The first kappa shape index (κ1) is 7.10. The Hall–Kier alpha value is -1.57. The number of imidazole rings is 1. The van der Waals surface area contributed by atoms with E-state index in [0.29, 0.717) is 0 Å². The summed E-state index contributed by atoms with van der Waals surface area (Å²) < 4.78 is 0. The molecule has 1 aromatic carbocycles. The zero-order chi connectivity index (χ0) is 8.39. The number of H-pyrrole nitrogens is 1.